The van der Waals surface area contributed by atoms with Gasteiger partial charge in [-0.15, -0.1) is 11.8 Å². The van der Waals surface area contributed by atoms with Crippen molar-refractivity contribution in [2.75, 3.05) is 5.75 Å². The molecule has 6 heteroatoms. The Morgan fingerprint density at radius 1 is 1.00 bits per heavy atom. The molecule has 0 aliphatic carbocycles. The van der Waals surface area contributed by atoms with Crippen molar-refractivity contribution < 1.29 is 13.2 Å². The zero-order valence-electron chi connectivity index (χ0n) is 10.4. The summed E-state index contributed by atoms with van der Waals surface area (Å²) >= 11 is 1.40. The highest BCUT2D eigenvalue weighted by Crippen LogP contribution is 2.26. The molecule has 1 unspecified atom stereocenters. The molecule has 0 aliphatic rings. The number of nitrogens with one attached hydrogen (secondary N) is 1. The minimum Gasteiger partial charge on any atom is -0.271 e. The molecular weight excluding hydrogens is 285 g/mol. The van der Waals surface area contributed by atoms with Crippen LogP contribution in [-0.2, 0) is 0 Å². The highest BCUT2D eigenvalue weighted by Gasteiger charge is 2.15. The van der Waals surface area contributed by atoms with E-state index in [1.165, 1.54) is 36.0 Å². The van der Waals surface area contributed by atoms with Gasteiger partial charge in [0, 0.05) is 22.3 Å². The number of hydrazine groups is 1. The monoisotopic (exact) mass is 298 g/mol. The molecule has 0 fully saturated rings. The van der Waals surface area contributed by atoms with Gasteiger partial charge in [-0.3, -0.25) is 11.3 Å². The van der Waals surface area contributed by atoms with E-state index >= 15 is 0 Å². The molecule has 20 heavy (non-hydrogen) atoms. The lowest BCUT2D eigenvalue weighted by Gasteiger charge is -2.16. The zero-order chi connectivity index (χ0) is 14.5. The molecule has 0 saturated heterocycles. The smallest absolute Gasteiger partial charge is 0.130 e. The third-order valence-electron chi connectivity index (χ3n) is 2.77. The first-order valence-electron chi connectivity index (χ1n) is 5.89. The number of nitrogens with two attached hydrogens (primary N) is 1. The summed E-state index contributed by atoms with van der Waals surface area (Å²) in [5.41, 5.74) is 2.80. The molecule has 2 rings (SSSR count). The molecule has 0 bridgehead atoms. The van der Waals surface area contributed by atoms with E-state index in [2.05, 4.69) is 5.43 Å². The van der Waals surface area contributed by atoms with E-state index in [0.29, 0.717) is 11.3 Å². The van der Waals surface area contributed by atoms with Crippen molar-refractivity contribution in [1.82, 2.24) is 5.43 Å². The second-order valence-corrected chi connectivity index (χ2v) is 5.24. The Kier molecular flexibility index (Phi) is 5.05. The lowest BCUT2D eigenvalue weighted by atomic mass is 10.1. The lowest BCUT2D eigenvalue weighted by molar-refractivity contribution is 0.531. The summed E-state index contributed by atoms with van der Waals surface area (Å²) in [4.78, 5) is 0.842. The Bertz CT molecular complexity index is 575. The van der Waals surface area contributed by atoms with Crippen molar-refractivity contribution in [1.29, 1.82) is 0 Å². The van der Waals surface area contributed by atoms with Crippen molar-refractivity contribution in [2.24, 2.45) is 5.84 Å². The molecule has 0 aromatic heterocycles. The van der Waals surface area contributed by atoms with Crippen LogP contribution in [-0.4, -0.2) is 5.75 Å². The first kappa shape index (κ1) is 14.9. The van der Waals surface area contributed by atoms with Crippen molar-refractivity contribution >= 4 is 11.8 Å². The molecule has 0 heterocycles. The van der Waals surface area contributed by atoms with Crippen molar-refractivity contribution in [3.63, 3.8) is 0 Å². The number of hydrogen-bond acceptors (Lipinski definition) is 3. The topological polar surface area (TPSA) is 38.0 Å². The number of hydrogen-bond donors (Lipinski definition) is 2. The van der Waals surface area contributed by atoms with Gasteiger partial charge in [-0.05, 0) is 30.3 Å². The van der Waals surface area contributed by atoms with Crippen LogP contribution in [0.15, 0.2) is 47.4 Å². The molecule has 106 valence electrons. The van der Waals surface area contributed by atoms with Crippen LogP contribution in [0, 0.1) is 17.5 Å². The maximum Gasteiger partial charge on any atom is 0.130 e. The molecule has 2 nitrogen and oxygen atoms in total. The van der Waals surface area contributed by atoms with Gasteiger partial charge in [-0.1, -0.05) is 6.07 Å². The summed E-state index contributed by atoms with van der Waals surface area (Å²) in [6, 6.07) is 8.87. The maximum absolute atomic E-state index is 13.7. The van der Waals surface area contributed by atoms with E-state index in [1.807, 2.05) is 0 Å². The number of benzene rings is 2. The van der Waals surface area contributed by atoms with Crippen LogP contribution in [0.5, 0.6) is 0 Å². The average molecular weight is 298 g/mol. The van der Waals surface area contributed by atoms with E-state index in [4.69, 9.17) is 5.84 Å². The fraction of sp³-hybridized carbons (Fsp3) is 0.143. The Hall–Kier alpha value is -1.50. The molecule has 0 spiro atoms. The van der Waals surface area contributed by atoms with Gasteiger partial charge >= 0.3 is 0 Å². The van der Waals surface area contributed by atoms with Crippen molar-refractivity contribution in [3.8, 4) is 0 Å². The van der Waals surface area contributed by atoms with E-state index in [-0.39, 0.29) is 5.82 Å². The standard InChI is InChI=1S/C14H13F3N2S/c15-9-1-4-11(5-2-9)20-8-14(19-18)12-6-3-10(16)7-13(12)17/h1-7,14,19H,8,18H2. The second-order valence-electron chi connectivity index (χ2n) is 4.15. The Morgan fingerprint density at radius 2 is 1.65 bits per heavy atom. The first-order valence-corrected chi connectivity index (χ1v) is 6.88. The van der Waals surface area contributed by atoms with Gasteiger partial charge in [0.1, 0.15) is 17.5 Å². The van der Waals surface area contributed by atoms with E-state index in [9.17, 15) is 13.2 Å². The summed E-state index contributed by atoms with van der Waals surface area (Å²) in [6.45, 7) is 0. The largest absolute Gasteiger partial charge is 0.271 e. The van der Waals surface area contributed by atoms with E-state index in [1.54, 1.807) is 12.1 Å². The maximum atomic E-state index is 13.7. The number of thioether (sulfide) groups is 1. The number of rotatable bonds is 5. The lowest BCUT2D eigenvalue weighted by Crippen LogP contribution is -2.30. The zero-order valence-corrected chi connectivity index (χ0v) is 11.3. The summed E-state index contributed by atoms with van der Waals surface area (Å²) in [7, 11) is 0. The molecular formula is C14H13F3N2S. The average Bonchev–Trinajstić information content (AvgIpc) is 2.43. The summed E-state index contributed by atoms with van der Waals surface area (Å²) in [6.07, 6.45) is 0. The van der Waals surface area contributed by atoms with Gasteiger partial charge in [0.2, 0.25) is 0 Å². The Morgan fingerprint density at radius 3 is 2.25 bits per heavy atom. The molecule has 0 saturated carbocycles. The van der Waals surface area contributed by atoms with Gasteiger partial charge in [0.15, 0.2) is 0 Å². The molecule has 0 aliphatic heterocycles. The van der Waals surface area contributed by atoms with Crippen LogP contribution in [0.4, 0.5) is 13.2 Å². The van der Waals surface area contributed by atoms with Crippen molar-refractivity contribution in [2.45, 2.75) is 10.9 Å². The van der Waals surface area contributed by atoms with E-state index in [0.717, 1.165) is 11.0 Å². The SMILES string of the molecule is NNC(CSc1ccc(F)cc1)c1ccc(F)cc1F. The normalized spacial score (nSPS) is 12.4. The van der Waals surface area contributed by atoms with E-state index < -0.39 is 17.7 Å². The van der Waals surface area contributed by atoms with Gasteiger partial charge in [-0.2, -0.15) is 0 Å². The predicted octanol–water partition coefficient (Wildman–Crippen LogP) is 3.40. The Labute approximate surface area is 119 Å². The number of halogens is 3. The third-order valence-corrected chi connectivity index (χ3v) is 3.87. The van der Waals surface area contributed by atoms with Gasteiger partial charge in [0.25, 0.3) is 0 Å². The molecule has 1 atom stereocenters. The molecule has 2 aromatic carbocycles. The summed E-state index contributed by atoms with van der Waals surface area (Å²) < 4.78 is 39.3. The van der Waals surface area contributed by atoms with Gasteiger partial charge in [0.05, 0.1) is 6.04 Å². The first-order chi connectivity index (χ1) is 9.60. The molecule has 0 amide bonds. The Balaban J connectivity index is 2.07. The van der Waals surface area contributed by atoms with Crippen LogP contribution in [0.3, 0.4) is 0 Å². The molecule has 3 N–H and O–H groups in total. The molecule has 0 radical (unpaired) electrons. The van der Waals surface area contributed by atoms with Crippen LogP contribution in [0.1, 0.15) is 11.6 Å². The van der Waals surface area contributed by atoms with Crippen LogP contribution < -0.4 is 11.3 Å². The van der Waals surface area contributed by atoms with Crippen LogP contribution in [0.25, 0.3) is 0 Å². The minimum absolute atomic E-state index is 0.295. The highest BCUT2D eigenvalue weighted by molar-refractivity contribution is 7.99. The van der Waals surface area contributed by atoms with Crippen molar-refractivity contribution in [3.05, 3.63) is 65.5 Å². The molecule has 2 aromatic rings. The minimum atomic E-state index is -0.646. The predicted molar refractivity (Wildman–Crippen MR) is 73.5 cm³/mol. The quantitative estimate of drug-likeness (QED) is 0.505. The second kappa shape index (κ2) is 6.78. The summed E-state index contributed by atoms with van der Waals surface area (Å²) in [5.74, 6) is 4.26. The summed E-state index contributed by atoms with van der Waals surface area (Å²) in [5, 5.41) is 0. The van der Waals surface area contributed by atoms with Crippen LogP contribution in [0.2, 0.25) is 0 Å². The van der Waals surface area contributed by atoms with Gasteiger partial charge in [-0.25, -0.2) is 13.2 Å². The third kappa shape index (κ3) is 3.75. The highest BCUT2D eigenvalue weighted by atomic mass is 32.2. The fourth-order valence-electron chi connectivity index (χ4n) is 1.72. The fourth-order valence-corrected chi connectivity index (χ4v) is 2.69. The van der Waals surface area contributed by atoms with Crippen LogP contribution >= 0.6 is 11.8 Å². The van der Waals surface area contributed by atoms with Gasteiger partial charge < -0.3 is 0 Å².